The highest BCUT2D eigenvalue weighted by Crippen LogP contribution is 2.21. The number of aliphatic hydroxyl groups excluding tert-OH is 1. The Labute approximate surface area is 88.9 Å². The first-order valence-electron chi connectivity index (χ1n) is 5.07. The molecule has 1 aromatic heterocycles. The second-order valence-corrected chi connectivity index (χ2v) is 4.35. The maximum Gasteiger partial charge on any atom is 0.0611 e. The van der Waals surface area contributed by atoms with Crippen LogP contribution < -0.4 is 5.73 Å². The molecule has 0 unspecified atom stereocenters. The molecule has 0 saturated carbocycles. The predicted octanol–water partition coefficient (Wildman–Crippen LogP) is 1.42. The van der Waals surface area contributed by atoms with E-state index in [1.807, 2.05) is 31.3 Å². The molecule has 0 fully saturated rings. The highest BCUT2D eigenvalue weighted by atomic mass is 16.3. The summed E-state index contributed by atoms with van der Waals surface area (Å²) >= 11 is 0. The third-order valence-electron chi connectivity index (χ3n) is 2.63. The van der Waals surface area contributed by atoms with Crippen LogP contribution in [0.2, 0.25) is 0 Å². The number of nitrogens with one attached hydrogen (secondary N) is 1. The van der Waals surface area contributed by atoms with Gasteiger partial charge in [-0.1, -0.05) is 18.2 Å². The Morgan fingerprint density at radius 2 is 2.13 bits per heavy atom. The van der Waals surface area contributed by atoms with Gasteiger partial charge >= 0.3 is 0 Å². The van der Waals surface area contributed by atoms with Gasteiger partial charge in [-0.3, -0.25) is 0 Å². The van der Waals surface area contributed by atoms with E-state index < -0.39 is 5.54 Å². The van der Waals surface area contributed by atoms with Crippen molar-refractivity contribution in [2.45, 2.75) is 18.9 Å². The SMILES string of the molecule is C[C@@](N)(CO)Cc1c[nH]c2ccccc12. The molecule has 4 N–H and O–H groups in total. The minimum atomic E-state index is -0.551. The number of nitrogens with two attached hydrogens (primary N) is 1. The average Bonchev–Trinajstić information content (AvgIpc) is 2.62. The lowest BCUT2D eigenvalue weighted by Crippen LogP contribution is -2.42. The lowest BCUT2D eigenvalue weighted by molar-refractivity contribution is 0.208. The summed E-state index contributed by atoms with van der Waals surface area (Å²) in [6, 6.07) is 8.10. The molecule has 0 spiro atoms. The van der Waals surface area contributed by atoms with Crippen LogP contribution in [0.3, 0.4) is 0 Å². The molecule has 1 aromatic carbocycles. The van der Waals surface area contributed by atoms with Crippen LogP contribution in [0.5, 0.6) is 0 Å². The first kappa shape index (κ1) is 10.2. The Kier molecular flexibility index (Phi) is 2.50. The zero-order chi connectivity index (χ0) is 10.9. The minimum absolute atomic E-state index is 0.00743. The van der Waals surface area contributed by atoms with E-state index in [0.29, 0.717) is 6.42 Å². The molecule has 0 aliphatic carbocycles. The number of H-pyrrole nitrogens is 1. The summed E-state index contributed by atoms with van der Waals surface area (Å²) in [5, 5.41) is 10.3. The lowest BCUT2D eigenvalue weighted by atomic mass is 9.95. The zero-order valence-corrected chi connectivity index (χ0v) is 8.83. The summed E-state index contributed by atoms with van der Waals surface area (Å²) in [6.07, 6.45) is 2.64. The van der Waals surface area contributed by atoms with E-state index in [1.165, 1.54) is 5.39 Å². The summed E-state index contributed by atoms with van der Waals surface area (Å²) in [7, 11) is 0. The third kappa shape index (κ3) is 2.03. The minimum Gasteiger partial charge on any atom is -0.394 e. The molecule has 0 aliphatic heterocycles. The highest BCUT2D eigenvalue weighted by molar-refractivity contribution is 5.83. The average molecular weight is 204 g/mol. The fourth-order valence-electron chi connectivity index (χ4n) is 1.77. The van der Waals surface area contributed by atoms with Gasteiger partial charge in [0.05, 0.1) is 6.61 Å². The van der Waals surface area contributed by atoms with Crippen molar-refractivity contribution in [2.75, 3.05) is 6.61 Å². The van der Waals surface area contributed by atoms with E-state index in [1.54, 1.807) is 0 Å². The zero-order valence-electron chi connectivity index (χ0n) is 8.83. The van der Waals surface area contributed by atoms with E-state index >= 15 is 0 Å². The van der Waals surface area contributed by atoms with Gasteiger partial charge < -0.3 is 15.8 Å². The Morgan fingerprint density at radius 1 is 1.40 bits per heavy atom. The molecule has 1 atom stereocenters. The maximum atomic E-state index is 9.13. The van der Waals surface area contributed by atoms with Crippen LogP contribution in [-0.4, -0.2) is 22.2 Å². The normalized spacial score (nSPS) is 15.4. The van der Waals surface area contributed by atoms with Crippen molar-refractivity contribution in [3.8, 4) is 0 Å². The largest absolute Gasteiger partial charge is 0.394 e. The molecule has 1 heterocycles. The molecular formula is C12H16N2O. The lowest BCUT2D eigenvalue weighted by Gasteiger charge is -2.20. The fraction of sp³-hybridized carbons (Fsp3) is 0.333. The number of aromatic amines is 1. The Morgan fingerprint density at radius 3 is 2.87 bits per heavy atom. The molecule has 3 heteroatoms. The van der Waals surface area contributed by atoms with Crippen molar-refractivity contribution in [3.63, 3.8) is 0 Å². The van der Waals surface area contributed by atoms with Gasteiger partial charge in [-0.2, -0.15) is 0 Å². The number of aliphatic hydroxyl groups is 1. The summed E-state index contributed by atoms with van der Waals surface area (Å²) in [6.45, 7) is 1.85. The van der Waals surface area contributed by atoms with Crippen molar-refractivity contribution in [1.29, 1.82) is 0 Å². The molecule has 15 heavy (non-hydrogen) atoms. The molecule has 0 radical (unpaired) electrons. The molecule has 2 aromatic rings. The van der Waals surface area contributed by atoms with Gasteiger partial charge in [-0.05, 0) is 25.0 Å². The molecule has 0 aliphatic rings. The number of fused-ring (bicyclic) bond motifs is 1. The first-order chi connectivity index (χ1) is 7.12. The van der Waals surface area contributed by atoms with Crippen LogP contribution in [0.25, 0.3) is 10.9 Å². The van der Waals surface area contributed by atoms with Crippen LogP contribution in [-0.2, 0) is 6.42 Å². The second-order valence-electron chi connectivity index (χ2n) is 4.35. The molecule has 0 saturated heterocycles. The topological polar surface area (TPSA) is 62.0 Å². The summed E-state index contributed by atoms with van der Waals surface area (Å²) < 4.78 is 0. The highest BCUT2D eigenvalue weighted by Gasteiger charge is 2.19. The molecule has 3 nitrogen and oxygen atoms in total. The standard InChI is InChI=1S/C12H16N2O/c1-12(13,8-15)6-9-7-14-11-5-3-2-4-10(9)11/h2-5,7,14-15H,6,8,13H2,1H3/t12-/m0/s1. The second kappa shape index (κ2) is 3.68. The van der Waals surface area contributed by atoms with E-state index in [9.17, 15) is 0 Å². The van der Waals surface area contributed by atoms with Gasteiger partial charge in [0.2, 0.25) is 0 Å². The fourth-order valence-corrected chi connectivity index (χ4v) is 1.77. The van der Waals surface area contributed by atoms with Crippen molar-refractivity contribution in [3.05, 3.63) is 36.0 Å². The number of hydrogen-bond donors (Lipinski definition) is 3. The van der Waals surface area contributed by atoms with Gasteiger partial charge in [-0.15, -0.1) is 0 Å². The number of para-hydroxylation sites is 1. The molecule has 0 amide bonds. The number of rotatable bonds is 3. The summed E-state index contributed by atoms with van der Waals surface area (Å²) in [4.78, 5) is 3.20. The van der Waals surface area contributed by atoms with Crippen molar-refractivity contribution < 1.29 is 5.11 Å². The molecular weight excluding hydrogens is 188 g/mol. The molecule has 0 bridgehead atoms. The Bertz CT molecular complexity index is 459. The Hall–Kier alpha value is -1.32. The quantitative estimate of drug-likeness (QED) is 0.708. The predicted molar refractivity (Wildman–Crippen MR) is 61.7 cm³/mol. The van der Waals surface area contributed by atoms with Crippen molar-refractivity contribution >= 4 is 10.9 Å². The van der Waals surface area contributed by atoms with Crippen LogP contribution in [0, 0.1) is 0 Å². The molecule has 80 valence electrons. The molecule has 2 rings (SSSR count). The van der Waals surface area contributed by atoms with Gasteiger partial charge in [-0.25, -0.2) is 0 Å². The van der Waals surface area contributed by atoms with Crippen molar-refractivity contribution in [2.24, 2.45) is 5.73 Å². The van der Waals surface area contributed by atoms with Crippen LogP contribution in [0.15, 0.2) is 30.5 Å². The Balaban J connectivity index is 2.37. The van der Waals surface area contributed by atoms with Crippen LogP contribution in [0.1, 0.15) is 12.5 Å². The van der Waals surface area contributed by atoms with Crippen LogP contribution in [0.4, 0.5) is 0 Å². The maximum absolute atomic E-state index is 9.13. The monoisotopic (exact) mass is 204 g/mol. The van der Waals surface area contributed by atoms with Gasteiger partial charge in [0.25, 0.3) is 0 Å². The number of hydrogen-bond acceptors (Lipinski definition) is 2. The van der Waals surface area contributed by atoms with E-state index in [4.69, 9.17) is 10.8 Å². The smallest absolute Gasteiger partial charge is 0.0611 e. The van der Waals surface area contributed by atoms with Gasteiger partial charge in [0.15, 0.2) is 0 Å². The first-order valence-corrected chi connectivity index (χ1v) is 5.07. The third-order valence-corrected chi connectivity index (χ3v) is 2.63. The van der Waals surface area contributed by atoms with E-state index in [-0.39, 0.29) is 6.61 Å². The summed E-state index contributed by atoms with van der Waals surface area (Å²) in [5.41, 5.74) is 7.65. The summed E-state index contributed by atoms with van der Waals surface area (Å²) in [5.74, 6) is 0. The number of aromatic nitrogens is 1. The van der Waals surface area contributed by atoms with Gasteiger partial charge in [0, 0.05) is 22.6 Å². The van der Waals surface area contributed by atoms with E-state index in [2.05, 4.69) is 11.1 Å². The van der Waals surface area contributed by atoms with E-state index in [0.717, 1.165) is 11.1 Å². The van der Waals surface area contributed by atoms with Crippen LogP contribution >= 0.6 is 0 Å². The van der Waals surface area contributed by atoms with Gasteiger partial charge in [0.1, 0.15) is 0 Å². The number of benzene rings is 1. The van der Waals surface area contributed by atoms with Crippen molar-refractivity contribution in [1.82, 2.24) is 4.98 Å².